The monoisotopic (exact) mass is 343 g/mol. The van der Waals surface area contributed by atoms with Crippen LogP contribution in [0.5, 0.6) is 0 Å². The van der Waals surface area contributed by atoms with E-state index in [9.17, 15) is 0 Å². The van der Waals surface area contributed by atoms with Gasteiger partial charge in [0.05, 0.1) is 6.04 Å². The highest BCUT2D eigenvalue weighted by atomic mass is 16.5. The first-order valence-corrected chi connectivity index (χ1v) is 9.16. The van der Waals surface area contributed by atoms with Crippen LogP contribution in [0.4, 0.5) is 0 Å². The number of rotatable bonds is 6. The molecule has 1 N–H and O–H groups in total. The number of nitrogens with zero attached hydrogens (tertiary/aromatic N) is 4. The summed E-state index contributed by atoms with van der Waals surface area (Å²) in [6.45, 7) is 11.5. The van der Waals surface area contributed by atoms with Crippen molar-refractivity contribution in [3.8, 4) is 11.5 Å². The molecule has 2 heterocycles. The molecule has 1 saturated heterocycles. The predicted molar refractivity (Wildman–Crippen MR) is 99.2 cm³/mol. The molecule has 0 spiro atoms. The van der Waals surface area contributed by atoms with Gasteiger partial charge in [0.2, 0.25) is 0 Å². The van der Waals surface area contributed by atoms with Crippen molar-refractivity contribution in [1.29, 1.82) is 0 Å². The zero-order valence-electron chi connectivity index (χ0n) is 15.7. The molecule has 0 amide bonds. The maximum atomic E-state index is 5.51. The van der Waals surface area contributed by atoms with E-state index in [0.29, 0.717) is 11.9 Å². The van der Waals surface area contributed by atoms with Gasteiger partial charge >= 0.3 is 0 Å². The zero-order chi connectivity index (χ0) is 17.8. The van der Waals surface area contributed by atoms with Gasteiger partial charge in [0.15, 0.2) is 5.82 Å². The molecule has 0 aliphatic carbocycles. The van der Waals surface area contributed by atoms with Crippen LogP contribution in [0.25, 0.3) is 11.5 Å². The zero-order valence-corrected chi connectivity index (χ0v) is 15.7. The summed E-state index contributed by atoms with van der Waals surface area (Å²) in [5, 5.41) is 7.58. The molecule has 6 nitrogen and oxygen atoms in total. The van der Waals surface area contributed by atoms with Crippen molar-refractivity contribution in [2.45, 2.75) is 39.4 Å². The van der Waals surface area contributed by atoms with E-state index in [1.807, 2.05) is 0 Å². The van der Waals surface area contributed by atoms with Gasteiger partial charge in [-0.15, -0.1) is 0 Å². The van der Waals surface area contributed by atoms with E-state index in [4.69, 9.17) is 4.52 Å². The largest absolute Gasteiger partial charge is 0.334 e. The molecule has 1 aliphatic rings. The molecular formula is C19H29N5O. The van der Waals surface area contributed by atoms with Crippen LogP contribution in [0.1, 0.15) is 38.2 Å². The van der Waals surface area contributed by atoms with Crippen molar-refractivity contribution in [3.05, 3.63) is 35.7 Å². The maximum absolute atomic E-state index is 5.51. The van der Waals surface area contributed by atoms with Crippen LogP contribution < -0.4 is 5.32 Å². The van der Waals surface area contributed by atoms with Crippen molar-refractivity contribution < 1.29 is 4.52 Å². The van der Waals surface area contributed by atoms with Gasteiger partial charge in [-0.3, -0.25) is 9.80 Å². The van der Waals surface area contributed by atoms with Gasteiger partial charge < -0.3 is 9.84 Å². The van der Waals surface area contributed by atoms with E-state index in [0.717, 1.165) is 44.1 Å². The van der Waals surface area contributed by atoms with E-state index in [1.165, 1.54) is 5.56 Å². The highest BCUT2D eigenvalue weighted by molar-refractivity contribution is 5.53. The summed E-state index contributed by atoms with van der Waals surface area (Å²) >= 11 is 0. The number of hydrogen-bond donors (Lipinski definition) is 1. The van der Waals surface area contributed by atoms with E-state index in [2.05, 4.69) is 77.3 Å². The van der Waals surface area contributed by atoms with Gasteiger partial charge in [-0.2, -0.15) is 4.98 Å². The number of hydrogen-bond acceptors (Lipinski definition) is 6. The van der Waals surface area contributed by atoms with Crippen molar-refractivity contribution in [1.82, 2.24) is 25.3 Å². The molecular weight excluding hydrogens is 314 g/mol. The minimum atomic E-state index is 0.176. The van der Waals surface area contributed by atoms with Crippen molar-refractivity contribution in [2.75, 3.05) is 33.2 Å². The Morgan fingerprint density at radius 1 is 1.32 bits per heavy atom. The van der Waals surface area contributed by atoms with Crippen molar-refractivity contribution in [2.24, 2.45) is 0 Å². The fourth-order valence-electron chi connectivity index (χ4n) is 3.23. The normalized spacial score (nSPS) is 19.0. The van der Waals surface area contributed by atoms with E-state index < -0.39 is 0 Å². The molecule has 2 aromatic rings. The summed E-state index contributed by atoms with van der Waals surface area (Å²) in [4.78, 5) is 9.32. The first-order chi connectivity index (χ1) is 12.1. The standard InChI is InChI=1S/C19H29N5O/c1-5-24(14(2)3)13-15-6-8-16(9-7-15)19-21-18(22-25-19)17-12-20-10-11-23(17)4/h6-9,14,17,20H,5,10-13H2,1-4H3. The third-order valence-electron chi connectivity index (χ3n) is 4.97. The molecule has 1 unspecified atom stereocenters. The van der Waals surface area contributed by atoms with E-state index in [1.54, 1.807) is 0 Å². The third-order valence-corrected chi connectivity index (χ3v) is 4.97. The lowest BCUT2D eigenvalue weighted by molar-refractivity contribution is 0.190. The second-order valence-corrected chi connectivity index (χ2v) is 7.01. The summed E-state index contributed by atoms with van der Waals surface area (Å²) < 4.78 is 5.51. The van der Waals surface area contributed by atoms with Gasteiger partial charge in [0, 0.05) is 37.8 Å². The molecule has 3 rings (SSSR count). The van der Waals surface area contributed by atoms with Crippen LogP contribution in [0.15, 0.2) is 28.8 Å². The molecule has 0 radical (unpaired) electrons. The van der Waals surface area contributed by atoms with Crippen LogP contribution in [-0.2, 0) is 6.54 Å². The molecule has 0 saturated carbocycles. The van der Waals surface area contributed by atoms with Crippen LogP contribution in [-0.4, -0.2) is 59.2 Å². The van der Waals surface area contributed by atoms with Crippen molar-refractivity contribution >= 4 is 0 Å². The van der Waals surface area contributed by atoms with Crippen LogP contribution in [0, 0.1) is 0 Å². The smallest absolute Gasteiger partial charge is 0.257 e. The second kappa shape index (κ2) is 8.08. The van der Waals surface area contributed by atoms with Gasteiger partial charge in [-0.1, -0.05) is 24.2 Å². The summed E-state index contributed by atoms with van der Waals surface area (Å²) in [6, 6.07) is 9.17. The Balaban J connectivity index is 1.70. The summed E-state index contributed by atoms with van der Waals surface area (Å²) in [5.41, 5.74) is 2.27. The highest BCUT2D eigenvalue weighted by Crippen LogP contribution is 2.23. The van der Waals surface area contributed by atoms with Gasteiger partial charge in [0.25, 0.3) is 5.89 Å². The first kappa shape index (κ1) is 18.0. The fraction of sp³-hybridized carbons (Fsp3) is 0.579. The minimum Gasteiger partial charge on any atom is -0.334 e. The topological polar surface area (TPSA) is 57.4 Å². The molecule has 6 heteroatoms. The summed E-state index contributed by atoms with van der Waals surface area (Å²) in [7, 11) is 2.10. The summed E-state index contributed by atoms with van der Waals surface area (Å²) in [5.74, 6) is 1.35. The Labute approximate surface area is 150 Å². The molecule has 0 bridgehead atoms. The lowest BCUT2D eigenvalue weighted by atomic mass is 10.1. The number of likely N-dealkylation sites (N-methyl/N-ethyl adjacent to an activating group) is 1. The number of piperazine rings is 1. The number of aromatic nitrogens is 2. The van der Waals surface area contributed by atoms with Gasteiger partial charge in [0.1, 0.15) is 0 Å². The highest BCUT2D eigenvalue weighted by Gasteiger charge is 2.25. The van der Waals surface area contributed by atoms with Gasteiger partial charge in [-0.25, -0.2) is 0 Å². The predicted octanol–water partition coefficient (Wildman–Crippen LogP) is 2.54. The Kier molecular flexibility index (Phi) is 5.83. The Bertz CT molecular complexity index is 667. The lowest BCUT2D eigenvalue weighted by Crippen LogP contribution is -2.44. The fourth-order valence-corrected chi connectivity index (χ4v) is 3.23. The van der Waals surface area contributed by atoms with Crippen LogP contribution in [0.2, 0.25) is 0 Å². The Morgan fingerprint density at radius 3 is 2.72 bits per heavy atom. The molecule has 136 valence electrons. The molecule has 1 atom stereocenters. The second-order valence-electron chi connectivity index (χ2n) is 7.01. The summed E-state index contributed by atoms with van der Waals surface area (Å²) in [6.07, 6.45) is 0. The molecule has 1 aromatic carbocycles. The van der Waals surface area contributed by atoms with Crippen LogP contribution in [0.3, 0.4) is 0 Å². The SMILES string of the molecule is CCN(Cc1ccc(-c2nc(C3CNCCN3C)no2)cc1)C(C)C. The van der Waals surface area contributed by atoms with Crippen molar-refractivity contribution in [3.63, 3.8) is 0 Å². The Hall–Kier alpha value is -1.76. The Morgan fingerprint density at radius 2 is 2.08 bits per heavy atom. The number of nitrogens with one attached hydrogen (secondary N) is 1. The average molecular weight is 343 g/mol. The third kappa shape index (κ3) is 4.26. The first-order valence-electron chi connectivity index (χ1n) is 9.16. The molecule has 25 heavy (non-hydrogen) atoms. The maximum Gasteiger partial charge on any atom is 0.257 e. The van der Waals surface area contributed by atoms with E-state index in [-0.39, 0.29) is 6.04 Å². The van der Waals surface area contributed by atoms with Gasteiger partial charge in [-0.05, 0) is 45.1 Å². The average Bonchev–Trinajstić information content (AvgIpc) is 3.10. The minimum absolute atomic E-state index is 0.176. The molecule has 1 aromatic heterocycles. The molecule has 1 aliphatic heterocycles. The number of benzene rings is 1. The lowest BCUT2D eigenvalue weighted by Gasteiger charge is -2.30. The van der Waals surface area contributed by atoms with Crippen LogP contribution >= 0.6 is 0 Å². The quantitative estimate of drug-likeness (QED) is 0.870. The van der Waals surface area contributed by atoms with E-state index >= 15 is 0 Å². The molecule has 1 fully saturated rings.